The highest BCUT2D eigenvalue weighted by atomic mass is 127. The van der Waals surface area contributed by atoms with Gasteiger partial charge >= 0.3 is 0 Å². The minimum atomic E-state index is -0.000819. The van der Waals surface area contributed by atoms with Crippen LogP contribution in [0.15, 0.2) is 12.1 Å². The minimum Gasteiger partial charge on any atom is -0.298 e. The average molecular weight is 288 g/mol. The van der Waals surface area contributed by atoms with Crippen LogP contribution in [-0.2, 0) is 0 Å². The zero-order valence-electron chi connectivity index (χ0n) is 7.43. The first kappa shape index (κ1) is 10.4. The predicted molar refractivity (Wildman–Crippen MR) is 59.3 cm³/mol. The average Bonchev–Trinajstić information content (AvgIpc) is 2.09. The van der Waals surface area contributed by atoms with Gasteiger partial charge in [0.15, 0.2) is 5.78 Å². The van der Waals surface area contributed by atoms with Crippen molar-refractivity contribution in [2.24, 2.45) is 0 Å². The van der Waals surface area contributed by atoms with Crippen LogP contribution in [0.2, 0.25) is 0 Å². The highest BCUT2D eigenvalue weighted by Crippen LogP contribution is 2.18. The van der Waals surface area contributed by atoms with E-state index in [0.717, 1.165) is 15.4 Å². The van der Waals surface area contributed by atoms with Crippen molar-refractivity contribution in [1.82, 2.24) is 0 Å². The SMILES string of the molecule is CC(=O)c1cc(C=O)cc(I)c1C. The summed E-state index contributed by atoms with van der Waals surface area (Å²) in [6.45, 7) is 3.39. The number of aldehydes is 1. The first-order valence-corrected chi connectivity index (χ1v) is 4.90. The fourth-order valence-electron chi connectivity index (χ4n) is 1.13. The van der Waals surface area contributed by atoms with Crippen LogP contribution in [0.1, 0.15) is 33.2 Å². The number of halogens is 1. The van der Waals surface area contributed by atoms with E-state index >= 15 is 0 Å². The molecular formula is C10H9IO2. The summed E-state index contributed by atoms with van der Waals surface area (Å²) in [5, 5.41) is 0. The van der Waals surface area contributed by atoms with E-state index in [9.17, 15) is 9.59 Å². The molecule has 3 heteroatoms. The molecule has 0 atom stereocenters. The molecule has 68 valence electrons. The Kier molecular flexibility index (Phi) is 3.19. The van der Waals surface area contributed by atoms with E-state index < -0.39 is 0 Å². The monoisotopic (exact) mass is 288 g/mol. The normalized spacial score (nSPS) is 9.77. The summed E-state index contributed by atoms with van der Waals surface area (Å²) in [6, 6.07) is 3.40. The molecule has 0 unspecified atom stereocenters. The number of ketones is 1. The van der Waals surface area contributed by atoms with Crippen LogP contribution in [0, 0.1) is 10.5 Å². The number of hydrogen-bond acceptors (Lipinski definition) is 2. The summed E-state index contributed by atoms with van der Waals surface area (Å²) < 4.78 is 0.951. The topological polar surface area (TPSA) is 34.1 Å². The fourth-order valence-corrected chi connectivity index (χ4v) is 1.78. The summed E-state index contributed by atoms with van der Waals surface area (Å²) in [7, 11) is 0. The molecule has 1 aromatic rings. The van der Waals surface area contributed by atoms with Crippen LogP contribution in [0.25, 0.3) is 0 Å². The highest BCUT2D eigenvalue weighted by Gasteiger charge is 2.08. The number of hydrogen-bond donors (Lipinski definition) is 0. The van der Waals surface area contributed by atoms with Gasteiger partial charge in [-0.3, -0.25) is 9.59 Å². The Hall–Kier alpha value is -0.710. The molecule has 2 nitrogen and oxygen atoms in total. The molecule has 0 amide bonds. The van der Waals surface area contributed by atoms with Crippen molar-refractivity contribution in [3.63, 3.8) is 0 Å². The molecule has 0 aliphatic carbocycles. The first-order valence-electron chi connectivity index (χ1n) is 3.82. The summed E-state index contributed by atoms with van der Waals surface area (Å²) in [6.07, 6.45) is 0.758. The molecule has 0 N–H and O–H groups in total. The number of carbonyl (C=O) groups excluding carboxylic acids is 2. The van der Waals surface area contributed by atoms with Crippen molar-refractivity contribution in [1.29, 1.82) is 0 Å². The lowest BCUT2D eigenvalue weighted by atomic mass is 10.0. The van der Waals surface area contributed by atoms with Gasteiger partial charge in [0, 0.05) is 14.7 Å². The van der Waals surface area contributed by atoms with Crippen molar-refractivity contribution in [3.05, 3.63) is 32.4 Å². The van der Waals surface area contributed by atoms with Crippen molar-refractivity contribution >= 4 is 34.7 Å². The Balaban J connectivity index is 3.41. The summed E-state index contributed by atoms with van der Waals surface area (Å²) in [5.74, 6) is -0.000819. The largest absolute Gasteiger partial charge is 0.298 e. The van der Waals surface area contributed by atoms with E-state index in [1.807, 2.05) is 6.92 Å². The number of benzene rings is 1. The molecule has 0 aliphatic rings. The molecule has 0 saturated heterocycles. The van der Waals surface area contributed by atoms with Crippen molar-refractivity contribution in [2.45, 2.75) is 13.8 Å². The lowest BCUT2D eigenvalue weighted by Crippen LogP contribution is -2.00. The lowest BCUT2D eigenvalue weighted by molar-refractivity contribution is 0.101. The second kappa shape index (κ2) is 4.00. The van der Waals surface area contributed by atoms with Crippen molar-refractivity contribution in [3.8, 4) is 0 Å². The van der Waals surface area contributed by atoms with Crippen LogP contribution >= 0.6 is 22.6 Å². The second-order valence-corrected chi connectivity index (χ2v) is 4.01. The summed E-state index contributed by atoms with van der Waals surface area (Å²) in [5.41, 5.74) is 2.13. The van der Waals surface area contributed by atoms with E-state index in [2.05, 4.69) is 22.6 Å². The standard InChI is InChI=1S/C10H9IO2/c1-6-9(7(2)13)3-8(5-12)4-10(6)11/h3-5H,1-2H3. The Bertz CT molecular complexity index is 369. The van der Waals surface area contributed by atoms with Crippen LogP contribution in [0.4, 0.5) is 0 Å². The van der Waals surface area contributed by atoms with Gasteiger partial charge in [0.05, 0.1) is 0 Å². The Labute approximate surface area is 90.5 Å². The predicted octanol–water partition coefficient (Wildman–Crippen LogP) is 2.61. The molecular weight excluding hydrogens is 279 g/mol. The summed E-state index contributed by atoms with van der Waals surface area (Å²) in [4.78, 5) is 21.7. The van der Waals surface area contributed by atoms with E-state index in [1.165, 1.54) is 6.92 Å². The fraction of sp³-hybridized carbons (Fsp3) is 0.200. The number of Topliss-reactive ketones (excluding diaryl/α,β-unsaturated/α-hetero) is 1. The Morgan fingerprint density at radius 3 is 2.54 bits per heavy atom. The lowest BCUT2D eigenvalue weighted by Gasteiger charge is -2.05. The van der Waals surface area contributed by atoms with Gasteiger partial charge < -0.3 is 0 Å². The smallest absolute Gasteiger partial charge is 0.160 e. The Morgan fingerprint density at radius 2 is 2.08 bits per heavy atom. The molecule has 13 heavy (non-hydrogen) atoms. The number of rotatable bonds is 2. The van der Waals surface area contributed by atoms with Crippen molar-refractivity contribution in [2.75, 3.05) is 0 Å². The third kappa shape index (κ3) is 2.15. The third-order valence-corrected chi connectivity index (χ3v) is 3.00. The van der Waals surface area contributed by atoms with E-state index in [1.54, 1.807) is 12.1 Å². The molecule has 1 rings (SSSR count). The van der Waals surface area contributed by atoms with Crippen LogP contribution in [0.3, 0.4) is 0 Å². The maximum Gasteiger partial charge on any atom is 0.160 e. The zero-order valence-corrected chi connectivity index (χ0v) is 9.58. The van der Waals surface area contributed by atoms with Gasteiger partial charge in [-0.1, -0.05) is 0 Å². The van der Waals surface area contributed by atoms with Gasteiger partial charge in [-0.15, -0.1) is 0 Å². The van der Waals surface area contributed by atoms with Gasteiger partial charge in [-0.05, 0) is 54.1 Å². The maximum atomic E-state index is 11.2. The molecule has 0 spiro atoms. The molecule has 0 saturated carbocycles. The Morgan fingerprint density at radius 1 is 1.46 bits per heavy atom. The van der Waals surface area contributed by atoms with Crippen LogP contribution in [-0.4, -0.2) is 12.1 Å². The van der Waals surface area contributed by atoms with Gasteiger partial charge in [-0.25, -0.2) is 0 Å². The second-order valence-electron chi connectivity index (χ2n) is 2.85. The van der Waals surface area contributed by atoms with Gasteiger partial charge in [0.2, 0.25) is 0 Å². The van der Waals surface area contributed by atoms with E-state index in [-0.39, 0.29) is 5.78 Å². The third-order valence-electron chi connectivity index (χ3n) is 1.88. The number of carbonyl (C=O) groups is 2. The van der Waals surface area contributed by atoms with Crippen LogP contribution < -0.4 is 0 Å². The highest BCUT2D eigenvalue weighted by molar-refractivity contribution is 14.1. The molecule has 0 aromatic heterocycles. The first-order chi connectivity index (χ1) is 6.06. The molecule has 0 bridgehead atoms. The van der Waals surface area contributed by atoms with Gasteiger partial charge in [0.1, 0.15) is 6.29 Å². The molecule has 0 aliphatic heterocycles. The zero-order chi connectivity index (χ0) is 10.0. The quantitative estimate of drug-likeness (QED) is 0.476. The molecule has 0 fully saturated rings. The maximum absolute atomic E-state index is 11.2. The molecule has 0 radical (unpaired) electrons. The molecule has 1 aromatic carbocycles. The van der Waals surface area contributed by atoms with Gasteiger partial charge in [-0.2, -0.15) is 0 Å². The summed E-state index contributed by atoms with van der Waals surface area (Å²) >= 11 is 2.12. The minimum absolute atomic E-state index is 0.000819. The van der Waals surface area contributed by atoms with E-state index in [4.69, 9.17) is 0 Å². The molecule has 0 heterocycles. The van der Waals surface area contributed by atoms with Crippen molar-refractivity contribution < 1.29 is 9.59 Å². The van der Waals surface area contributed by atoms with E-state index in [0.29, 0.717) is 11.1 Å². The van der Waals surface area contributed by atoms with Gasteiger partial charge in [0.25, 0.3) is 0 Å². The van der Waals surface area contributed by atoms with Crippen LogP contribution in [0.5, 0.6) is 0 Å².